The van der Waals surface area contributed by atoms with E-state index in [1.54, 1.807) is 12.1 Å². The van der Waals surface area contributed by atoms with E-state index in [1.165, 1.54) is 49.5 Å². The number of likely N-dealkylation sites (tertiary alicyclic amines) is 1. The molecule has 0 aliphatic carbocycles. The van der Waals surface area contributed by atoms with E-state index in [1.807, 2.05) is 19.0 Å². The van der Waals surface area contributed by atoms with Crippen LogP contribution < -0.4 is 9.47 Å². The molecule has 180 valence electrons. The molecule has 0 spiro atoms. The van der Waals surface area contributed by atoms with Crippen molar-refractivity contribution in [3.05, 3.63) is 69.3 Å². The fourth-order valence-corrected chi connectivity index (χ4v) is 3.93. The van der Waals surface area contributed by atoms with E-state index in [9.17, 15) is 24.8 Å². The molecular weight excluding hydrogens is 442 g/mol. The molecule has 1 aliphatic rings. The van der Waals surface area contributed by atoms with Gasteiger partial charge in [-0.25, -0.2) is 0 Å². The maximum absolute atomic E-state index is 13.1. The van der Waals surface area contributed by atoms with Gasteiger partial charge in [-0.3, -0.25) is 19.7 Å². The van der Waals surface area contributed by atoms with Gasteiger partial charge in [0.2, 0.25) is 0 Å². The van der Waals surface area contributed by atoms with Crippen molar-refractivity contribution in [1.82, 2.24) is 9.80 Å². The van der Waals surface area contributed by atoms with Crippen LogP contribution in [0.15, 0.2) is 48.0 Å². The number of ketones is 1. The van der Waals surface area contributed by atoms with Gasteiger partial charge < -0.3 is 24.4 Å². The molecule has 10 nitrogen and oxygen atoms in total. The Morgan fingerprint density at radius 2 is 1.74 bits per heavy atom. The summed E-state index contributed by atoms with van der Waals surface area (Å²) in [6, 6.07) is 9.38. The first-order chi connectivity index (χ1) is 16.2. The third-order valence-electron chi connectivity index (χ3n) is 5.62. The number of methoxy groups -OCH3 is 2. The lowest BCUT2D eigenvalue weighted by Gasteiger charge is -2.26. The van der Waals surface area contributed by atoms with Crippen molar-refractivity contribution >= 4 is 23.1 Å². The number of amides is 1. The number of nitro groups is 1. The van der Waals surface area contributed by atoms with Crippen LogP contribution in [0.1, 0.15) is 23.6 Å². The van der Waals surface area contributed by atoms with Crippen molar-refractivity contribution < 1.29 is 29.1 Å². The minimum absolute atomic E-state index is 0.0871. The number of carbonyl (C=O) groups excluding carboxylic acids is 2. The van der Waals surface area contributed by atoms with Crippen LogP contribution in [0.2, 0.25) is 0 Å². The molecule has 1 fully saturated rings. The molecule has 1 N–H and O–H groups in total. The minimum Gasteiger partial charge on any atom is -0.507 e. The lowest BCUT2D eigenvalue weighted by Crippen LogP contribution is -2.32. The van der Waals surface area contributed by atoms with Gasteiger partial charge in [-0.1, -0.05) is 0 Å². The second-order valence-corrected chi connectivity index (χ2v) is 8.07. The molecule has 1 atom stereocenters. The number of hydrogen-bond acceptors (Lipinski definition) is 8. The lowest BCUT2D eigenvalue weighted by atomic mass is 9.95. The zero-order valence-electron chi connectivity index (χ0n) is 19.5. The molecule has 0 aromatic heterocycles. The standard InChI is InChI=1S/C24H27N3O7/c1-25(2)12-5-13-26-21(15-6-9-17(10-7-15)27(31)32)20(23(29)24(26)30)22(28)16-8-11-18(33-3)19(14-16)34-4/h6-11,14,21,28H,5,12-13H2,1-4H3/b22-20+/t21-/m1/s1. The van der Waals surface area contributed by atoms with Gasteiger partial charge in [0.25, 0.3) is 17.4 Å². The molecular formula is C24H27N3O7. The Balaban J connectivity index is 2.13. The lowest BCUT2D eigenvalue weighted by molar-refractivity contribution is -0.384. The van der Waals surface area contributed by atoms with E-state index in [4.69, 9.17) is 9.47 Å². The normalized spacial score (nSPS) is 17.3. The maximum atomic E-state index is 13.1. The monoisotopic (exact) mass is 469 g/mol. The second kappa shape index (κ2) is 10.3. The molecule has 10 heteroatoms. The summed E-state index contributed by atoms with van der Waals surface area (Å²) in [5.74, 6) is -1.13. The van der Waals surface area contributed by atoms with Gasteiger partial charge in [-0.05, 0) is 63.0 Å². The highest BCUT2D eigenvalue weighted by Gasteiger charge is 2.46. The number of Topliss-reactive ketones (excluding diaryl/α,β-unsaturated/α-hetero) is 1. The topological polar surface area (TPSA) is 122 Å². The molecule has 0 bridgehead atoms. The Hall–Kier alpha value is -3.92. The van der Waals surface area contributed by atoms with Crippen LogP contribution >= 0.6 is 0 Å². The van der Waals surface area contributed by atoms with Gasteiger partial charge in [-0.15, -0.1) is 0 Å². The number of hydrogen-bond donors (Lipinski definition) is 1. The van der Waals surface area contributed by atoms with Crippen molar-refractivity contribution in [3.63, 3.8) is 0 Å². The highest BCUT2D eigenvalue weighted by molar-refractivity contribution is 6.46. The summed E-state index contributed by atoms with van der Waals surface area (Å²) < 4.78 is 10.5. The van der Waals surface area contributed by atoms with Crippen LogP contribution in [0, 0.1) is 10.1 Å². The number of aliphatic hydroxyl groups is 1. The third kappa shape index (κ3) is 4.86. The SMILES string of the molecule is COc1ccc(/C(O)=C2\C(=O)C(=O)N(CCCN(C)C)[C@@H]2c2ccc([N+](=O)[O-])cc2)cc1OC. The first-order valence-electron chi connectivity index (χ1n) is 10.6. The molecule has 34 heavy (non-hydrogen) atoms. The molecule has 2 aromatic rings. The molecule has 1 saturated heterocycles. The number of non-ortho nitro benzene ring substituents is 1. The summed E-state index contributed by atoms with van der Waals surface area (Å²) >= 11 is 0. The quantitative estimate of drug-likeness (QED) is 0.196. The highest BCUT2D eigenvalue weighted by atomic mass is 16.6. The number of ether oxygens (including phenoxy) is 2. The Labute approximate surface area is 197 Å². The number of nitro benzene ring substituents is 1. The second-order valence-electron chi connectivity index (χ2n) is 8.07. The maximum Gasteiger partial charge on any atom is 0.295 e. The molecule has 1 aliphatic heterocycles. The van der Waals surface area contributed by atoms with Crippen molar-refractivity contribution in [3.8, 4) is 11.5 Å². The number of carbonyl (C=O) groups is 2. The zero-order valence-corrected chi connectivity index (χ0v) is 19.5. The van der Waals surface area contributed by atoms with E-state index in [0.717, 1.165) is 0 Å². The Kier molecular flexibility index (Phi) is 7.52. The van der Waals surface area contributed by atoms with Crippen molar-refractivity contribution in [1.29, 1.82) is 0 Å². The summed E-state index contributed by atoms with van der Waals surface area (Å²) in [6.45, 7) is 0.957. The number of nitrogens with zero attached hydrogens (tertiary/aromatic N) is 3. The van der Waals surface area contributed by atoms with E-state index in [2.05, 4.69) is 0 Å². The summed E-state index contributed by atoms with van der Waals surface area (Å²) in [5, 5.41) is 22.3. The van der Waals surface area contributed by atoms with Crippen molar-refractivity contribution in [2.45, 2.75) is 12.5 Å². The van der Waals surface area contributed by atoms with Crippen molar-refractivity contribution in [2.24, 2.45) is 0 Å². The summed E-state index contributed by atoms with van der Waals surface area (Å²) in [5.41, 5.74) is 0.552. The molecule has 1 amide bonds. The number of aliphatic hydroxyl groups excluding tert-OH is 1. The van der Waals surface area contributed by atoms with Crippen LogP contribution in [-0.2, 0) is 9.59 Å². The highest BCUT2D eigenvalue weighted by Crippen LogP contribution is 2.41. The van der Waals surface area contributed by atoms with Gasteiger partial charge in [0.15, 0.2) is 11.5 Å². The smallest absolute Gasteiger partial charge is 0.295 e. The molecule has 0 saturated carbocycles. The predicted octanol–water partition coefficient (Wildman–Crippen LogP) is 2.99. The Morgan fingerprint density at radius 3 is 2.29 bits per heavy atom. The largest absolute Gasteiger partial charge is 0.507 e. The zero-order chi connectivity index (χ0) is 25.0. The molecule has 2 aromatic carbocycles. The van der Waals surface area contributed by atoms with E-state index in [0.29, 0.717) is 30.0 Å². The van der Waals surface area contributed by atoms with Crippen LogP contribution in [-0.4, -0.2) is 72.9 Å². The van der Waals surface area contributed by atoms with Crippen LogP contribution in [0.4, 0.5) is 5.69 Å². The molecule has 0 unspecified atom stereocenters. The van der Waals surface area contributed by atoms with Gasteiger partial charge in [0.05, 0.1) is 30.8 Å². The third-order valence-corrected chi connectivity index (χ3v) is 5.62. The predicted molar refractivity (Wildman–Crippen MR) is 125 cm³/mol. The first-order valence-corrected chi connectivity index (χ1v) is 10.6. The van der Waals surface area contributed by atoms with Gasteiger partial charge >= 0.3 is 0 Å². The van der Waals surface area contributed by atoms with Crippen LogP contribution in [0.5, 0.6) is 11.5 Å². The Morgan fingerprint density at radius 1 is 1.09 bits per heavy atom. The van der Waals surface area contributed by atoms with Gasteiger partial charge in [-0.2, -0.15) is 0 Å². The number of rotatable bonds is 9. The van der Waals surface area contributed by atoms with Crippen molar-refractivity contribution in [2.75, 3.05) is 41.4 Å². The fraction of sp³-hybridized carbons (Fsp3) is 0.333. The van der Waals surface area contributed by atoms with Crippen LogP contribution in [0.3, 0.4) is 0 Å². The summed E-state index contributed by atoms with van der Waals surface area (Å²) in [6.07, 6.45) is 0.597. The number of benzene rings is 2. The van der Waals surface area contributed by atoms with E-state index >= 15 is 0 Å². The molecule has 1 heterocycles. The minimum atomic E-state index is -0.893. The molecule has 3 rings (SSSR count). The van der Waals surface area contributed by atoms with E-state index in [-0.39, 0.29) is 29.1 Å². The fourth-order valence-electron chi connectivity index (χ4n) is 3.93. The summed E-state index contributed by atoms with van der Waals surface area (Å²) in [4.78, 5) is 40.0. The van der Waals surface area contributed by atoms with E-state index < -0.39 is 22.7 Å². The average molecular weight is 469 g/mol. The Bertz CT molecular complexity index is 1130. The van der Waals surface area contributed by atoms with Gasteiger partial charge in [0, 0.05) is 24.2 Å². The first kappa shape index (κ1) is 24.7. The summed E-state index contributed by atoms with van der Waals surface area (Å²) in [7, 11) is 6.73. The van der Waals surface area contributed by atoms with Gasteiger partial charge in [0.1, 0.15) is 5.76 Å². The molecule has 0 radical (unpaired) electrons. The van der Waals surface area contributed by atoms with Crippen LogP contribution in [0.25, 0.3) is 5.76 Å². The average Bonchev–Trinajstić information content (AvgIpc) is 3.07.